The third kappa shape index (κ3) is 3.47. The summed E-state index contributed by atoms with van der Waals surface area (Å²) in [6, 6.07) is -0.150. The van der Waals surface area contributed by atoms with E-state index >= 15 is 0 Å². The van der Waals surface area contributed by atoms with E-state index in [1.165, 1.54) is 5.57 Å². The lowest BCUT2D eigenvalue weighted by Gasteiger charge is -2.05. The molecule has 0 aliphatic heterocycles. The predicted octanol–water partition coefficient (Wildman–Crippen LogP) is 2.10. The van der Waals surface area contributed by atoms with Gasteiger partial charge in [-0.1, -0.05) is 23.8 Å². The molecule has 1 aliphatic rings. The number of carbonyl (C=O) groups excluding carboxylic acids is 1. The minimum absolute atomic E-state index is 0.150. The zero-order valence-corrected chi connectivity index (χ0v) is 8.63. The van der Waals surface area contributed by atoms with Crippen LogP contribution in [0.4, 0.5) is 4.79 Å². The molecule has 14 heavy (non-hydrogen) atoms. The van der Waals surface area contributed by atoms with E-state index in [2.05, 4.69) is 16.7 Å². The molecule has 2 amide bonds. The Labute approximate surface area is 84.6 Å². The van der Waals surface area contributed by atoms with Crippen LogP contribution in [-0.2, 0) is 0 Å². The number of nitrogens with one attached hydrogen (secondary N) is 2. The Morgan fingerprint density at radius 3 is 2.93 bits per heavy atom. The maximum Gasteiger partial charge on any atom is 0.319 e. The lowest BCUT2D eigenvalue weighted by atomic mass is 10.2. The van der Waals surface area contributed by atoms with E-state index in [1.807, 2.05) is 32.1 Å². The molecule has 0 bridgehead atoms. The monoisotopic (exact) mass is 192 g/mol. The van der Waals surface area contributed by atoms with Gasteiger partial charge in [0.05, 0.1) is 0 Å². The number of hydrogen-bond donors (Lipinski definition) is 2. The van der Waals surface area contributed by atoms with Crippen molar-refractivity contribution in [1.29, 1.82) is 0 Å². The minimum Gasteiger partial charge on any atom is -0.338 e. The van der Waals surface area contributed by atoms with Gasteiger partial charge in [0.25, 0.3) is 0 Å². The van der Waals surface area contributed by atoms with Crippen molar-refractivity contribution in [2.24, 2.45) is 0 Å². The summed E-state index contributed by atoms with van der Waals surface area (Å²) < 4.78 is 0. The maximum atomic E-state index is 11.2. The van der Waals surface area contributed by atoms with Gasteiger partial charge in [0.2, 0.25) is 0 Å². The van der Waals surface area contributed by atoms with Crippen LogP contribution in [0.3, 0.4) is 0 Å². The fourth-order valence-electron chi connectivity index (χ4n) is 1.16. The molecule has 3 heteroatoms. The number of hydrogen-bond acceptors (Lipinski definition) is 1. The highest BCUT2D eigenvalue weighted by Crippen LogP contribution is 2.07. The van der Waals surface area contributed by atoms with Gasteiger partial charge in [-0.05, 0) is 26.3 Å². The number of carbonyl (C=O) groups is 1. The lowest BCUT2D eigenvalue weighted by molar-refractivity contribution is 0.244. The van der Waals surface area contributed by atoms with Crippen molar-refractivity contribution < 1.29 is 4.79 Å². The van der Waals surface area contributed by atoms with Crippen molar-refractivity contribution in [3.05, 3.63) is 35.6 Å². The quantitative estimate of drug-likeness (QED) is 0.691. The number of allylic oxidation sites excluding steroid dienone is 5. The van der Waals surface area contributed by atoms with Gasteiger partial charge >= 0.3 is 6.03 Å². The first-order chi connectivity index (χ1) is 6.72. The standard InChI is InChI=1S/C11H16N2O/c1-3-12-11(14)13-10-6-4-5-9(2)7-8-10/h5-8H,3-4H2,1-2H3,(H2,12,13,14). The summed E-state index contributed by atoms with van der Waals surface area (Å²) in [5.74, 6) is 0. The first-order valence-electron chi connectivity index (χ1n) is 4.82. The van der Waals surface area contributed by atoms with Crippen molar-refractivity contribution >= 4 is 6.03 Å². The molecule has 0 saturated heterocycles. The third-order valence-corrected chi connectivity index (χ3v) is 1.90. The summed E-state index contributed by atoms with van der Waals surface area (Å²) in [5.41, 5.74) is 2.07. The zero-order chi connectivity index (χ0) is 10.4. The highest BCUT2D eigenvalue weighted by molar-refractivity contribution is 5.76. The van der Waals surface area contributed by atoms with Crippen LogP contribution in [-0.4, -0.2) is 12.6 Å². The van der Waals surface area contributed by atoms with Gasteiger partial charge in [-0.2, -0.15) is 0 Å². The van der Waals surface area contributed by atoms with Crippen LogP contribution < -0.4 is 10.6 Å². The molecule has 3 nitrogen and oxygen atoms in total. The van der Waals surface area contributed by atoms with E-state index in [0.717, 1.165) is 12.1 Å². The molecular formula is C11H16N2O. The van der Waals surface area contributed by atoms with E-state index in [9.17, 15) is 4.79 Å². The molecule has 0 aromatic rings. The summed E-state index contributed by atoms with van der Waals surface area (Å²) in [7, 11) is 0. The molecule has 1 aliphatic carbocycles. The average molecular weight is 192 g/mol. The maximum absolute atomic E-state index is 11.2. The summed E-state index contributed by atoms with van der Waals surface area (Å²) in [6.45, 7) is 4.57. The van der Waals surface area contributed by atoms with Crippen molar-refractivity contribution in [3.8, 4) is 0 Å². The fraction of sp³-hybridized carbons (Fsp3) is 0.364. The van der Waals surface area contributed by atoms with Crippen molar-refractivity contribution in [3.63, 3.8) is 0 Å². The smallest absolute Gasteiger partial charge is 0.319 e. The van der Waals surface area contributed by atoms with Crippen LogP contribution in [0.1, 0.15) is 20.3 Å². The third-order valence-electron chi connectivity index (χ3n) is 1.90. The Bertz CT molecular complexity index is 300. The summed E-state index contributed by atoms with van der Waals surface area (Å²) in [6.07, 6.45) is 8.87. The molecule has 0 aromatic heterocycles. The molecule has 0 heterocycles. The Hall–Kier alpha value is -1.51. The largest absolute Gasteiger partial charge is 0.338 e. The highest BCUT2D eigenvalue weighted by Gasteiger charge is 2.00. The highest BCUT2D eigenvalue weighted by atomic mass is 16.2. The van der Waals surface area contributed by atoms with Crippen molar-refractivity contribution in [1.82, 2.24) is 10.6 Å². The average Bonchev–Trinajstić information content (AvgIpc) is 2.32. The molecule has 0 atom stereocenters. The molecular weight excluding hydrogens is 176 g/mol. The number of rotatable bonds is 2. The topological polar surface area (TPSA) is 41.1 Å². The molecule has 1 rings (SSSR count). The SMILES string of the molecule is CCNC(=O)NC1=CCC=C(C)C=C1. The molecule has 0 spiro atoms. The van der Waals surface area contributed by atoms with Crippen LogP contribution in [0.25, 0.3) is 0 Å². The Kier molecular flexibility index (Phi) is 3.98. The molecule has 0 unspecified atom stereocenters. The van der Waals surface area contributed by atoms with Gasteiger partial charge < -0.3 is 10.6 Å². The van der Waals surface area contributed by atoms with Crippen molar-refractivity contribution in [2.75, 3.05) is 6.54 Å². The molecule has 2 N–H and O–H groups in total. The number of amides is 2. The Balaban J connectivity index is 2.51. The van der Waals surface area contributed by atoms with Crippen LogP contribution >= 0.6 is 0 Å². The van der Waals surface area contributed by atoms with Gasteiger partial charge in [0.15, 0.2) is 0 Å². The molecule has 0 radical (unpaired) electrons. The molecule has 76 valence electrons. The van der Waals surface area contributed by atoms with Crippen LogP contribution in [0.2, 0.25) is 0 Å². The second-order valence-corrected chi connectivity index (χ2v) is 3.16. The van der Waals surface area contributed by atoms with E-state index in [-0.39, 0.29) is 6.03 Å². The van der Waals surface area contributed by atoms with E-state index in [4.69, 9.17) is 0 Å². The first-order valence-corrected chi connectivity index (χ1v) is 4.82. The minimum atomic E-state index is -0.150. The fourth-order valence-corrected chi connectivity index (χ4v) is 1.16. The van der Waals surface area contributed by atoms with Gasteiger partial charge in [0, 0.05) is 12.2 Å². The normalized spacial score (nSPS) is 15.3. The second kappa shape index (κ2) is 5.27. The van der Waals surface area contributed by atoms with Gasteiger partial charge in [-0.25, -0.2) is 4.79 Å². The Morgan fingerprint density at radius 2 is 2.21 bits per heavy atom. The van der Waals surface area contributed by atoms with E-state index < -0.39 is 0 Å². The van der Waals surface area contributed by atoms with Gasteiger partial charge in [-0.3, -0.25) is 0 Å². The molecule has 0 aromatic carbocycles. The predicted molar refractivity (Wildman–Crippen MR) is 57.8 cm³/mol. The Morgan fingerprint density at radius 1 is 1.43 bits per heavy atom. The van der Waals surface area contributed by atoms with Gasteiger partial charge in [0.1, 0.15) is 0 Å². The second-order valence-electron chi connectivity index (χ2n) is 3.16. The van der Waals surface area contributed by atoms with Crippen LogP contribution in [0.15, 0.2) is 35.6 Å². The van der Waals surface area contributed by atoms with E-state index in [1.54, 1.807) is 0 Å². The molecule has 0 saturated carbocycles. The van der Waals surface area contributed by atoms with E-state index in [0.29, 0.717) is 6.54 Å². The number of urea groups is 1. The summed E-state index contributed by atoms with van der Waals surface area (Å²) in [5, 5.41) is 5.45. The first kappa shape index (κ1) is 10.6. The summed E-state index contributed by atoms with van der Waals surface area (Å²) in [4.78, 5) is 11.2. The zero-order valence-electron chi connectivity index (χ0n) is 8.63. The lowest BCUT2D eigenvalue weighted by Crippen LogP contribution is -2.34. The van der Waals surface area contributed by atoms with Crippen molar-refractivity contribution in [2.45, 2.75) is 20.3 Å². The van der Waals surface area contributed by atoms with Crippen LogP contribution in [0, 0.1) is 0 Å². The van der Waals surface area contributed by atoms with Crippen LogP contribution in [0.5, 0.6) is 0 Å². The van der Waals surface area contributed by atoms with Gasteiger partial charge in [-0.15, -0.1) is 0 Å². The molecule has 0 fully saturated rings. The summed E-state index contributed by atoms with van der Waals surface area (Å²) >= 11 is 0.